The molecule has 0 N–H and O–H groups in total. The summed E-state index contributed by atoms with van der Waals surface area (Å²) in [5.41, 5.74) is -2.38. The minimum absolute atomic E-state index is 0.0554. The maximum atomic E-state index is 14.1. The van der Waals surface area contributed by atoms with E-state index in [0.717, 1.165) is 6.07 Å². The summed E-state index contributed by atoms with van der Waals surface area (Å²) in [6, 6.07) is 8.65. The van der Waals surface area contributed by atoms with Crippen molar-refractivity contribution in [3.63, 3.8) is 0 Å². The number of rotatable bonds is 4. The Morgan fingerprint density at radius 2 is 1.67 bits per heavy atom. The molecule has 0 radical (unpaired) electrons. The molecule has 0 saturated heterocycles. The first-order valence-electron chi connectivity index (χ1n) is 10.5. The van der Waals surface area contributed by atoms with Crippen LogP contribution in [0.4, 0.5) is 30.7 Å². The van der Waals surface area contributed by atoms with Crippen molar-refractivity contribution in [3.05, 3.63) is 88.6 Å². The van der Waals surface area contributed by atoms with Gasteiger partial charge in [0.05, 0.1) is 22.4 Å². The normalized spacial score (nSPS) is 15.8. The molecular formula is C24H14F7N4O+. The van der Waals surface area contributed by atoms with Crippen LogP contribution in [0.5, 0.6) is 0 Å². The van der Waals surface area contributed by atoms with Gasteiger partial charge in [-0.15, -0.1) is 0 Å². The summed E-state index contributed by atoms with van der Waals surface area (Å²) in [5.74, 6) is -0.0660. The van der Waals surface area contributed by atoms with E-state index >= 15 is 0 Å². The number of hydrogen-bond donors (Lipinski definition) is 0. The Kier molecular flexibility index (Phi) is 5.61. The SMILES string of the molecule is Fc1ccccc1C1=NC2=CC[N+](Cc3cc(-c4ccc(C(F)(F)F)cc4C(F)(F)F)no3)=CC2=N1. The van der Waals surface area contributed by atoms with Crippen molar-refractivity contribution < 1.29 is 39.8 Å². The van der Waals surface area contributed by atoms with Gasteiger partial charge < -0.3 is 4.52 Å². The molecule has 0 spiro atoms. The van der Waals surface area contributed by atoms with Gasteiger partial charge in [0, 0.05) is 17.7 Å². The van der Waals surface area contributed by atoms with Crippen LogP contribution >= 0.6 is 0 Å². The maximum Gasteiger partial charge on any atom is 0.417 e. The molecule has 1 aromatic heterocycles. The number of alkyl halides is 6. The molecule has 36 heavy (non-hydrogen) atoms. The topological polar surface area (TPSA) is 53.8 Å². The zero-order valence-corrected chi connectivity index (χ0v) is 18.0. The smallest absolute Gasteiger partial charge is 0.354 e. The highest BCUT2D eigenvalue weighted by molar-refractivity contribution is 6.41. The molecule has 5 nitrogen and oxygen atoms in total. The van der Waals surface area contributed by atoms with E-state index in [1.807, 2.05) is 0 Å². The zero-order chi connectivity index (χ0) is 25.7. The van der Waals surface area contributed by atoms with Crippen LogP contribution in [0.3, 0.4) is 0 Å². The van der Waals surface area contributed by atoms with Crippen molar-refractivity contribution in [1.82, 2.24) is 5.16 Å². The number of fused-ring (bicyclic) bond motifs is 1. The van der Waals surface area contributed by atoms with Gasteiger partial charge in [-0.3, -0.25) is 0 Å². The molecular weight excluding hydrogens is 493 g/mol. The van der Waals surface area contributed by atoms with E-state index in [4.69, 9.17) is 4.52 Å². The lowest BCUT2D eigenvalue weighted by Gasteiger charge is -2.14. The highest BCUT2D eigenvalue weighted by Crippen LogP contribution is 2.40. The lowest BCUT2D eigenvalue weighted by Crippen LogP contribution is -2.22. The average Bonchev–Trinajstić information content (AvgIpc) is 3.44. The molecule has 2 aromatic carbocycles. The van der Waals surface area contributed by atoms with Crippen molar-refractivity contribution in [3.8, 4) is 11.3 Å². The second kappa shape index (κ2) is 8.54. The highest BCUT2D eigenvalue weighted by atomic mass is 19.4. The fraction of sp³-hybridized carbons (Fsp3) is 0.167. The third-order valence-corrected chi connectivity index (χ3v) is 5.50. The molecule has 12 heteroatoms. The monoisotopic (exact) mass is 507 g/mol. The Morgan fingerprint density at radius 1 is 0.889 bits per heavy atom. The Balaban J connectivity index is 1.39. The van der Waals surface area contributed by atoms with Gasteiger partial charge in [0.15, 0.2) is 24.3 Å². The van der Waals surface area contributed by atoms with Crippen molar-refractivity contribution in [2.24, 2.45) is 9.98 Å². The number of halogens is 7. The molecule has 3 aromatic rings. The molecule has 5 rings (SSSR count). The van der Waals surface area contributed by atoms with Crippen molar-refractivity contribution in [2.45, 2.75) is 18.9 Å². The number of amidine groups is 1. The Hall–Kier alpha value is -4.09. The number of nitrogens with zero attached hydrogens (tertiary/aromatic N) is 4. The quantitative estimate of drug-likeness (QED) is 0.326. The summed E-state index contributed by atoms with van der Waals surface area (Å²) < 4.78 is 100. The molecule has 0 atom stereocenters. The third kappa shape index (κ3) is 4.58. The summed E-state index contributed by atoms with van der Waals surface area (Å²) in [7, 11) is 0. The van der Waals surface area contributed by atoms with E-state index in [1.54, 1.807) is 35.1 Å². The van der Waals surface area contributed by atoms with E-state index in [2.05, 4.69) is 15.1 Å². The number of aromatic nitrogens is 1. The molecule has 2 aliphatic rings. The lowest BCUT2D eigenvalue weighted by molar-refractivity contribution is -0.531. The van der Waals surface area contributed by atoms with Gasteiger partial charge in [0.2, 0.25) is 12.3 Å². The molecule has 0 fully saturated rings. The third-order valence-electron chi connectivity index (χ3n) is 5.50. The predicted molar refractivity (Wildman–Crippen MR) is 115 cm³/mol. The predicted octanol–water partition coefficient (Wildman–Crippen LogP) is 5.90. The van der Waals surface area contributed by atoms with E-state index in [-0.39, 0.29) is 35.5 Å². The van der Waals surface area contributed by atoms with Gasteiger partial charge in [-0.1, -0.05) is 23.4 Å². The fourth-order valence-electron chi connectivity index (χ4n) is 3.81. The van der Waals surface area contributed by atoms with Gasteiger partial charge >= 0.3 is 12.4 Å². The standard InChI is InChI=1S/C24H14F7N4O/c25-18-4-2-1-3-16(18)22-32-19-7-8-35(12-21(19)33-22)11-14-10-20(34-36-14)15-6-5-13(23(26,27)28)9-17(15)24(29,30)31/h1-7,9-10,12H,8,11H2/q+1. The molecule has 0 amide bonds. The lowest BCUT2D eigenvalue weighted by atomic mass is 10.0. The number of benzene rings is 2. The van der Waals surface area contributed by atoms with Crippen LogP contribution in [0.15, 0.2) is 74.8 Å². The van der Waals surface area contributed by atoms with E-state index < -0.39 is 34.9 Å². The second-order valence-electron chi connectivity index (χ2n) is 7.99. The minimum atomic E-state index is -5.03. The second-order valence-corrected chi connectivity index (χ2v) is 7.99. The molecule has 0 aliphatic carbocycles. The Morgan fingerprint density at radius 3 is 2.39 bits per heavy atom. The summed E-state index contributed by atoms with van der Waals surface area (Å²) >= 11 is 0. The molecule has 0 unspecified atom stereocenters. The van der Waals surface area contributed by atoms with Crippen LogP contribution in [0.1, 0.15) is 22.5 Å². The van der Waals surface area contributed by atoms with Gasteiger partial charge in [-0.25, -0.2) is 19.0 Å². The van der Waals surface area contributed by atoms with Crippen LogP contribution in [-0.4, -0.2) is 34.0 Å². The first-order valence-corrected chi connectivity index (χ1v) is 10.5. The van der Waals surface area contributed by atoms with Gasteiger partial charge in [-0.2, -0.15) is 26.3 Å². The van der Waals surface area contributed by atoms with E-state index in [9.17, 15) is 30.7 Å². The van der Waals surface area contributed by atoms with Crippen LogP contribution < -0.4 is 0 Å². The van der Waals surface area contributed by atoms with Crippen LogP contribution in [-0.2, 0) is 18.9 Å². The summed E-state index contributed by atoms with van der Waals surface area (Å²) in [4.78, 5) is 8.69. The van der Waals surface area contributed by atoms with E-state index in [0.29, 0.717) is 24.0 Å². The van der Waals surface area contributed by atoms with Crippen molar-refractivity contribution in [1.29, 1.82) is 0 Å². The Labute approximate surface area is 198 Å². The van der Waals surface area contributed by atoms with Crippen molar-refractivity contribution >= 4 is 17.8 Å². The molecule has 3 heterocycles. The van der Waals surface area contributed by atoms with Gasteiger partial charge in [0.1, 0.15) is 11.5 Å². The van der Waals surface area contributed by atoms with Crippen LogP contribution in [0.2, 0.25) is 0 Å². The van der Waals surface area contributed by atoms with Crippen LogP contribution in [0.25, 0.3) is 11.3 Å². The van der Waals surface area contributed by atoms with Crippen molar-refractivity contribution in [2.75, 3.05) is 6.54 Å². The number of aliphatic imine (C=N–C) groups is 2. The average molecular weight is 507 g/mol. The highest BCUT2D eigenvalue weighted by Gasteiger charge is 2.39. The van der Waals surface area contributed by atoms with Crippen LogP contribution in [0, 0.1) is 5.82 Å². The molecule has 0 saturated carbocycles. The zero-order valence-electron chi connectivity index (χ0n) is 18.0. The first-order chi connectivity index (χ1) is 17.0. The first kappa shape index (κ1) is 23.6. The largest absolute Gasteiger partial charge is 0.417 e. The van der Waals surface area contributed by atoms with Gasteiger partial charge in [0.25, 0.3) is 0 Å². The molecule has 184 valence electrons. The number of allylic oxidation sites excluding steroid dienone is 1. The fourth-order valence-corrected chi connectivity index (χ4v) is 3.81. The number of hydrogen-bond acceptors (Lipinski definition) is 4. The minimum Gasteiger partial charge on any atom is -0.354 e. The molecule has 2 aliphatic heterocycles. The van der Waals surface area contributed by atoms with Gasteiger partial charge in [-0.05, 0) is 24.3 Å². The Bertz CT molecular complexity index is 1480. The summed E-state index contributed by atoms with van der Waals surface area (Å²) in [5, 5.41) is 3.64. The molecule has 0 bridgehead atoms. The summed E-state index contributed by atoms with van der Waals surface area (Å²) in [6.07, 6.45) is -6.56. The van der Waals surface area contributed by atoms with E-state index in [1.165, 1.54) is 12.1 Å². The maximum absolute atomic E-state index is 14.1. The summed E-state index contributed by atoms with van der Waals surface area (Å²) in [6.45, 7) is 0.444.